The van der Waals surface area contributed by atoms with Crippen LogP contribution >= 0.6 is 0 Å². The molecule has 1 saturated heterocycles. The first kappa shape index (κ1) is 11.8. The fraction of sp³-hybridized carbons (Fsp3) is 0.600. The molecule has 2 aliphatic rings. The number of likely N-dealkylation sites (N-methyl/N-ethyl adjacent to an activating group) is 2. The number of ether oxygens (including phenoxy) is 1. The lowest BCUT2D eigenvalue weighted by atomic mass is 9.77. The highest BCUT2D eigenvalue weighted by Gasteiger charge is 2.54. The molecule has 1 aromatic rings. The molecule has 2 heterocycles. The van der Waals surface area contributed by atoms with E-state index in [0.29, 0.717) is 6.17 Å². The Morgan fingerprint density at radius 2 is 2.17 bits per heavy atom. The normalized spacial score (nSPS) is 30.4. The van der Waals surface area contributed by atoms with Crippen LogP contribution in [0.3, 0.4) is 0 Å². The maximum atomic E-state index is 5.41. The summed E-state index contributed by atoms with van der Waals surface area (Å²) >= 11 is 0. The van der Waals surface area contributed by atoms with Crippen LogP contribution < -0.4 is 9.64 Å². The van der Waals surface area contributed by atoms with Gasteiger partial charge in [-0.15, -0.1) is 0 Å². The van der Waals surface area contributed by atoms with Crippen LogP contribution in [-0.2, 0) is 5.41 Å². The predicted molar refractivity (Wildman–Crippen MR) is 74.4 cm³/mol. The Kier molecular flexibility index (Phi) is 2.56. The molecule has 1 fully saturated rings. The zero-order valence-corrected chi connectivity index (χ0v) is 11.7. The van der Waals surface area contributed by atoms with Gasteiger partial charge in [0.2, 0.25) is 0 Å². The Hall–Kier alpha value is -1.22. The molecule has 0 spiro atoms. The Morgan fingerprint density at radius 3 is 2.83 bits per heavy atom. The average molecular weight is 246 g/mol. The van der Waals surface area contributed by atoms with Crippen molar-refractivity contribution in [2.75, 3.05) is 32.6 Å². The molecule has 3 heteroatoms. The van der Waals surface area contributed by atoms with Crippen molar-refractivity contribution < 1.29 is 4.74 Å². The minimum atomic E-state index is 0.285. The number of methoxy groups -OCH3 is 1. The Bertz CT molecular complexity index is 474. The second kappa shape index (κ2) is 3.89. The fourth-order valence-electron chi connectivity index (χ4n) is 4.02. The zero-order chi connectivity index (χ0) is 12.9. The van der Waals surface area contributed by atoms with Gasteiger partial charge in [-0.3, -0.25) is 4.90 Å². The molecule has 0 aromatic heterocycles. The summed E-state index contributed by atoms with van der Waals surface area (Å²) in [4.78, 5) is 4.92. The van der Waals surface area contributed by atoms with Gasteiger partial charge in [0, 0.05) is 24.7 Å². The molecule has 0 radical (unpaired) electrons. The number of benzene rings is 1. The summed E-state index contributed by atoms with van der Waals surface area (Å²) in [6, 6.07) is 6.52. The third kappa shape index (κ3) is 1.28. The van der Waals surface area contributed by atoms with Gasteiger partial charge in [-0.2, -0.15) is 0 Å². The first-order valence-corrected chi connectivity index (χ1v) is 6.75. The molecule has 0 bridgehead atoms. The maximum Gasteiger partial charge on any atom is 0.119 e. The van der Waals surface area contributed by atoms with Gasteiger partial charge in [-0.1, -0.05) is 6.92 Å². The van der Waals surface area contributed by atoms with E-state index < -0.39 is 0 Å². The standard InChI is InChI=1S/C15H22N2O/c1-5-15-8-9-16(2)14(15)17(3)13-7-6-11(18-4)10-12(13)15/h6-7,10,14H,5,8-9H2,1-4H3/t14-,15+/m0/s1. The summed E-state index contributed by atoms with van der Waals surface area (Å²) in [5, 5.41) is 0. The van der Waals surface area contributed by atoms with Crippen LogP contribution in [0.25, 0.3) is 0 Å². The Morgan fingerprint density at radius 1 is 1.39 bits per heavy atom. The van der Waals surface area contributed by atoms with Crippen LogP contribution in [0.5, 0.6) is 5.75 Å². The monoisotopic (exact) mass is 246 g/mol. The number of likely N-dealkylation sites (tertiary alicyclic amines) is 1. The molecular weight excluding hydrogens is 224 g/mol. The van der Waals surface area contributed by atoms with Crippen molar-refractivity contribution in [1.82, 2.24) is 4.90 Å². The number of fused-ring (bicyclic) bond motifs is 3. The highest BCUT2D eigenvalue weighted by atomic mass is 16.5. The van der Waals surface area contributed by atoms with Gasteiger partial charge in [-0.05, 0) is 43.7 Å². The number of rotatable bonds is 2. The summed E-state index contributed by atoms with van der Waals surface area (Å²) in [5.74, 6) is 0.977. The molecule has 3 nitrogen and oxygen atoms in total. The third-order valence-electron chi connectivity index (χ3n) is 4.94. The van der Waals surface area contributed by atoms with Gasteiger partial charge in [0.05, 0.1) is 13.3 Å². The van der Waals surface area contributed by atoms with Crippen molar-refractivity contribution in [1.29, 1.82) is 0 Å². The van der Waals surface area contributed by atoms with Crippen LogP contribution in [0.4, 0.5) is 5.69 Å². The van der Waals surface area contributed by atoms with E-state index in [-0.39, 0.29) is 5.41 Å². The van der Waals surface area contributed by atoms with Crippen molar-refractivity contribution in [2.45, 2.75) is 31.3 Å². The van der Waals surface area contributed by atoms with Crippen LogP contribution in [0.15, 0.2) is 18.2 Å². The summed E-state index contributed by atoms with van der Waals surface area (Å²) < 4.78 is 5.41. The van der Waals surface area contributed by atoms with E-state index in [9.17, 15) is 0 Å². The number of nitrogens with zero attached hydrogens (tertiary/aromatic N) is 2. The van der Waals surface area contributed by atoms with Crippen molar-refractivity contribution in [3.05, 3.63) is 23.8 Å². The zero-order valence-electron chi connectivity index (χ0n) is 11.7. The van der Waals surface area contributed by atoms with E-state index in [1.165, 1.54) is 30.6 Å². The topological polar surface area (TPSA) is 15.7 Å². The van der Waals surface area contributed by atoms with Gasteiger partial charge >= 0.3 is 0 Å². The summed E-state index contributed by atoms with van der Waals surface area (Å²) in [6.07, 6.45) is 2.94. The molecule has 2 aliphatic heterocycles. The SMILES string of the molecule is CC[C@]12CCN(C)[C@H]1N(C)c1ccc(OC)cc12. The Balaban J connectivity index is 2.17. The minimum absolute atomic E-state index is 0.285. The molecule has 1 aromatic carbocycles. The van der Waals surface area contributed by atoms with Gasteiger partial charge in [0.15, 0.2) is 0 Å². The summed E-state index contributed by atoms with van der Waals surface area (Å²) in [7, 11) is 6.20. The smallest absolute Gasteiger partial charge is 0.119 e. The number of hydrogen-bond acceptors (Lipinski definition) is 3. The number of anilines is 1. The lowest BCUT2D eigenvalue weighted by Gasteiger charge is -2.34. The Labute approximate surface area is 109 Å². The first-order chi connectivity index (χ1) is 8.64. The van der Waals surface area contributed by atoms with Gasteiger partial charge in [0.1, 0.15) is 5.75 Å². The van der Waals surface area contributed by atoms with Crippen molar-refractivity contribution >= 4 is 5.69 Å². The molecule has 0 saturated carbocycles. The highest BCUT2D eigenvalue weighted by Crippen LogP contribution is 2.53. The van der Waals surface area contributed by atoms with Crippen LogP contribution in [0, 0.1) is 0 Å². The van der Waals surface area contributed by atoms with Crippen molar-refractivity contribution in [2.24, 2.45) is 0 Å². The molecular formula is C15H22N2O. The molecule has 2 atom stereocenters. The molecule has 3 rings (SSSR count). The largest absolute Gasteiger partial charge is 0.497 e. The third-order valence-corrected chi connectivity index (χ3v) is 4.94. The van der Waals surface area contributed by atoms with Gasteiger partial charge in [0.25, 0.3) is 0 Å². The van der Waals surface area contributed by atoms with E-state index in [2.05, 4.69) is 49.0 Å². The quantitative estimate of drug-likeness (QED) is 0.797. The van der Waals surface area contributed by atoms with E-state index in [4.69, 9.17) is 4.74 Å². The van der Waals surface area contributed by atoms with E-state index in [0.717, 1.165) is 5.75 Å². The summed E-state index contributed by atoms with van der Waals surface area (Å²) in [6.45, 7) is 3.49. The lowest BCUT2D eigenvalue weighted by molar-refractivity contribution is 0.252. The first-order valence-electron chi connectivity index (χ1n) is 6.75. The molecule has 0 aliphatic carbocycles. The highest BCUT2D eigenvalue weighted by molar-refractivity contribution is 5.66. The predicted octanol–water partition coefficient (Wildman–Crippen LogP) is 2.45. The van der Waals surface area contributed by atoms with Crippen molar-refractivity contribution in [3.63, 3.8) is 0 Å². The van der Waals surface area contributed by atoms with Gasteiger partial charge in [-0.25, -0.2) is 0 Å². The molecule has 18 heavy (non-hydrogen) atoms. The van der Waals surface area contributed by atoms with Gasteiger partial charge < -0.3 is 9.64 Å². The van der Waals surface area contributed by atoms with E-state index >= 15 is 0 Å². The summed E-state index contributed by atoms with van der Waals surface area (Å²) in [5.41, 5.74) is 3.13. The van der Waals surface area contributed by atoms with E-state index in [1.807, 2.05) is 0 Å². The molecule has 0 unspecified atom stereocenters. The molecule has 0 amide bonds. The van der Waals surface area contributed by atoms with Crippen LogP contribution in [-0.4, -0.2) is 38.8 Å². The second-order valence-corrected chi connectivity index (χ2v) is 5.61. The lowest BCUT2D eigenvalue weighted by Crippen LogP contribution is -2.46. The maximum absolute atomic E-state index is 5.41. The second-order valence-electron chi connectivity index (χ2n) is 5.61. The van der Waals surface area contributed by atoms with Crippen LogP contribution in [0.2, 0.25) is 0 Å². The van der Waals surface area contributed by atoms with Crippen LogP contribution in [0.1, 0.15) is 25.3 Å². The fourth-order valence-corrected chi connectivity index (χ4v) is 4.02. The van der Waals surface area contributed by atoms with Crippen molar-refractivity contribution in [3.8, 4) is 5.75 Å². The molecule has 0 N–H and O–H groups in total. The molecule has 98 valence electrons. The average Bonchev–Trinajstić information content (AvgIpc) is 2.86. The number of hydrogen-bond donors (Lipinski definition) is 0. The van der Waals surface area contributed by atoms with E-state index in [1.54, 1.807) is 7.11 Å². The minimum Gasteiger partial charge on any atom is -0.497 e.